The highest BCUT2D eigenvalue weighted by Crippen LogP contribution is 2.11. The van der Waals surface area contributed by atoms with E-state index in [1.165, 1.54) is 0 Å². The lowest BCUT2D eigenvalue weighted by Crippen LogP contribution is -2.36. The molecule has 0 heterocycles. The van der Waals surface area contributed by atoms with Gasteiger partial charge in [-0.05, 0) is 42.0 Å². The number of methoxy groups -OCH3 is 1. The second kappa shape index (κ2) is 9.22. The predicted octanol–water partition coefficient (Wildman–Crippen LogP) is 1.10. The monoisotopic (exact) mass is 355 g/mol. The van der Waals surface area contributed by atoms with Gasteiger partial charge >= 0.3 is 0 Å². The van der Waals surface area contributed by atoms with Crippen molar-refractivity contribution in [2.75, 3.05) is 20.7 Å². The number of rotatable bonds is 7. The van der Waals surface area contributed by atoms with Crippen LogP contribution in [0.5, 0.6) is 5.75 Å². The summed E-state index contributed by atoms with van der Waals surface area (Å²) in [4.78, 5) is 35.3. The van der Waals surface area contributed by atoms with Crippen molar-refractivity contribution in [2.45, 2.75) is 6.54 Å². The van der Waals surface area contributed by atoms with E-state index in [2.05, 4.69) is 16.0 Å². The van der Waals surface area contributed by atoms with Crippen molar-refractivity contribution in [1.82, 2.24) is 16.0 Å². The summed E-state index contributed by atoms with van der Waals surface area (Å²) < 4.78 is 5.03. The van der Waals surface area contributed by atoms with Gasteiger partial charge < -0.3 is 20.7 Å². The van der Waals surface area contributed by atoms with Crippen molar-refractivity contribution in [2.24, 2.45) is 0 Å². The molecule has 3 amide bonds. The van der Waals surface area contributed by atoms with Crippen molar-refractivity contribution in [3.05, 3.63) is 65.2 Å². The summed E-state index contributed by atoms with van der Waals surface area (Å²) in [6.07, 6.45) is 0. The molecule has 0 saturated carbocycles. The average molecular weight is 355 g/mol. The van der Waals surface area contributed by atoms with Crippen LogP contribution >= 0.6 is 0 Å². The highest BCUT2D eigenvalue weighted by molar-refractivity contribution is 5.96. The highest BCUT2D eigenvalue weighted by atomic mass is 16.5. The highest BCUT2D eigenvalue weighted by Gasteiger charge is 2.08. The zero-order valence-electron chi connectivity index (χ0n) is 14.7. The van der Waals surface area contributed by atoms with Gasteiger partial charge in [0.1, 0.15) is 5.75 Å². The SMILES string of the molecule is CNC(=O)c1ccc(CNC(=O)CNC(=O)c2ccc(OC)cc2)cc1. The molecular weight excluding hydrogens is 334 g/mol. The Morgan fingerprint density at radius 3 is 2.00 bits per heavy atom. The van der Waals surface area contributed by atoms with Gasteiger partial charge in [-0.1, -0.05) is 12.1 Å². The molecule has 0 fully saturated rings. The van der Waals surface area contributed by atoms with Gasteiger partial charge in [0, 0.05) is 24.7 Å². The van der Waals surface area contributed by atoms with Gasteiger partial charge in [0.15, 0.2) is 0 Å². The maximum absolute atomic E-state index is 12.0. The first-order valence-corrected chi connectivity index (χ1v) is 8.03. The fourth-order valence-corrected chi connectivity index (χ4v) is 2.19. The molecule has 2 aromatic rings. The van der Waals surface area contributed by atoms with Crippen molar-refractivity contribution in [3.8, 4) is 5.75 Å². The van der Waals surface area contributed by atoms with E-state index in [9.17, 15) is 14.4 Å². The minimum atomic E-state index is -0.335. The summed E-state index contributed by atoms with van der Waals surface area (Å²) in [5.41, 5.74) is 1.85. The third-order valence-corrected chi connectivity index (χ3v) is 3.69. The van der Waals surface area contributed by atoms with Crippen LogP contribution < -0.4 is 20.7 Å². The molecule has 2 rings (SSSR count). The molecule has 0 aliphatic carbocycles. The molecule has 7 nitrogen and oxygen atoms in total. The molecule has 0 aliphatic rings. The first-order valence-electron chi connectivity index (χ1n) is 8.03. The van der Waals surface area contributed by atoms with Gasteiger partial charge in [0.25, 0.3) is 11.8 Å². The van der Waals surface area contributed by atoms with Crippen LogP contribution in [0.1, 0.15) is 26.3 Å². The normalized spacial score (nSPS) is 9.92. The Morgan fingerprint density at radius 1 is 0.846 bits per heavy atom. The summed E-state index contributed by atoms with van der Waals surface area (Å²) in [7, 11) is 3.11. The molecule has 0 atom stereocenters. The molecule has 0 aliphatic heterocycles. The number of benzene rings is 2. The van der Waals surface area contributed by atoms with Crippen LogP contribution in [0, 0.1) is 0 Å². The molecule has 3 N–H and O–H groups in total. The van der Waals surface area contributed by atoms with E-state index >= 15 is 0 Å². The quantitative estimate of drug-likeness (QED) is 0.693. The molecule has 0 aromatic heterocycles. The number of hydrogen-bond acceptors (Lipinski definition) is 4. The van der Waals surface area contributed by atoms with Crippen molar-refractivity contribution in [1.29, 1.82) is 0 Å². The van der Waals surface area contributed by atoms with Crippen molar-refractivity contribution < 1.29 is 19.1 Å². The summed E-state index contributed by atoms with van der Waals surface area (Å²) in [6.45, 7) is 0.187. The zero-order valence-corrected chi connectivity index (χ0v) is 14.7. The molecule has 2 aromatic carbocycles. The Labute approximate surface area is 151 Å². The molecule has 0 bridgehead atoms. The number of hydrogen-bond donors (Lipinski definition) is 3. The number of carbonyl (C=O) groups excluding carboxylic acids is 3. The van der Waals surface area contributed by atoms with Crippen LogP contribution in [0.25, 0.3) is 0 Å². The lowest BCUT2D eigenvalue weighted by Gasteiger charge is -2.08. The minimum Gasteiger partial charge on any atom is -0.497 e. The molecular formula is C19H21N3O4. The lowest BCUT2D eigenvalue weighted by molar-refractivity contribution is -0.120. The average Bonchev–Trinajstić information content (AvgIpc) is 2.70. The van der Waals surface area contributed by atoms with E-state index in [0.717, 1.165) is 5.56 Å². The van der Waals surface area contributed by atoms with Gasteiger partial charge in [-0.3, -0.25) is 14.4 Å². The maximum atomic E-state index is 12.0. The Kier molecular flexibility index (Phi) is 6.73. The van der Waals surface area contributed by atoms with Crippen LogP contribution in [0.4, 0.5) is 0 Å². The van der Waals surface area contributed by atoms with Gasteiger partial charge in [-0.2, -0.15) is 0 Å². The Bertz CT molecular complexity index is 770. The molecule has 26 heavy (non-hydrogen) atoms. The zero-order chi connectivity index (χ0) is 18.9. The van der Waals surface area contributed by atoms with Crippen LogP contribution in [0.3, 0.4) is 0 Å². The number of amides is 3. The van der Waals surface area contributed by atoms with E-state index < -0.39 is 0 Å². The van der Waals surface area contributed by atoms with E-state index in [1.807, 2.05) is 0 Å². The summed E-state index contributed by atoms with van der Waals surface area (Å²) >= 11 is 0. The Hall–Kier alpha value is -3.35. The van der Waals surface area contributed by atoms with E-state index in [1.54, 1.807) is 62.7 Å². The van der Waals surface area contributed by atoms with Crippen molar-refractivity contribution in [3.63, 3.8) is 0 Å². The fraction of sp³-hybridized carbons (Fsp3) is 0.211. The maximum Gasteiger partial charge on any atom is 0.251 e. The van der Waals surface area contributed by atoms with Crippen LogP contribution in [-0.2, 0) is 11.3 Å². The van der Waals surface area contributed by atoms with E-state index in [0.29, 0.717) is 23.4 Å². The number of ether oxygens (including phenoxy) is 1. The third-order valence-electron chi connectivity index (χ3n) is 3.69. The predicted molar refractivity (Wildman–Crippen MR) is 97.0 cm³/mol. The Balaban J connectivity index is 1.77. The number of carbonyl (C=O) groups is 3. The molecule has 0 saturated heterocycles. The standard InChI is InChI=1S/C19H21N3O4/c1-20-18(24)14-5-3-13(4-6-14)11-21-17(23)12-22-19(25)15-7-9-16(26-2)10-8-15/h3-10H,11-12H2,1-2H3,(H,20,24)(H,21,23)(H,22,25). The van der Waals surface area contributed by atoms with Gasteiger partial charge in [-0.25, -0.2) is 0 Å². The molecule has 0 spiro atoms. The first-order chi connectivity index (χ1) is 12.5. The lowest BCUT2D eigenvalue weighted by atomic mass is 10.1. The topological polar surface area (TPSA) is 96.5 Å². The second-order valence-electron chi connectivity index (χ2n) is 5.46. The molecule has 0 radical (unpaired) electrons. The van der Waals surface area contributed by atoms with Gasteiger partial charge in [0.05, 0.1) is 13.7 Å². The third kappa shape index (κ3) is 5.34. The van der Waals surface area contributed by atoms with E-state index in [-0.39, 0.29) is 24.3 Å². The molecule has 0 unspecified atom stereocenters. The summed E-state index contributed by atoms with van der Waals surface area (Å²) in [5, 5.41) is 7.81. The summed E-state index contributed by atoms with van der Waals surface area (Å²) in [5.74, 6) is -0.150. The largest absolute Gasteiger partial charge is 0.497 e. The second-order valence-corrected chi connectivity index (χ2v) is 5.46. The molecule has 136 valence electrons. The molecule has 7 heteroatoms. The van der Waals surface area contributed by atoms with Gasteiger partial charge in [-0.15, -0.1) is 0 Å². The van der Waals surface area contributed by atoms with E-state index in [4.69, 9.17) is 4.74 Å². The summed E-state index contributed by atoms with van der Waals surface area (Å²) in [6, 6.07) is 13.5. The van der Waals surface area contributed by atoms with Crippen LogP contribution in [0.2, 0.25) is 0 Å². The minimum absolute atomic E-state index is 0.124. The smallest absolute Gasteiger partial charge is 0.251 e. The first kappa shape index (κ1) is 19.0. The van der Waals surface area contributed by atoms with Crippen molar-refractivity contribution >= 4 is 17.7 Å². The van der Waals surface area contributed by atoms with Crippen LogP contribution in [-0.4, -0.2) is 38.4 Å². The number of nitrogens with one attached hydrogen (secondary N) is 3. The Morgan fingerprint density at radius 2 is 1.42 bits per heavy atom. The van der Waals surface area contributed by atoms with Gasteiger partial charge in [0.2, 0.25) is 5.91 Å². The van der Waals surface area contributed by atoms with Crippen LogP contribution in [0.15, 0.2) is 48.5 Å². The fourth-order valence-electron chi connectivity index (χ4n) is 2.19.